The van der Waals surface area contributed by atoms with Gasteiger partial charge in [0.1, 0.15) is 0 Å². The Bertz CT molecular complexity index is 897. The zero-order chi connectivity index (χ0) is 16.7. The van der Waals surface area contributed by atoms with E-state index in [0.29, 0.717) is 6.04 Å². The highest BCUT2D eigenvalue weighted by Crippen LogP contribution is 2.34. The molecule has 0 amide bonds. The van der Waals surface area contributed by atoms with Crippen molar-refractivity contribution >= 4 is 44.9 Å². The molecule has 0 aliphatic heterocycles. The summed E-state index contributed by atoms with van der Waals surface area (Å²) < 4.78 is 0.830. The molecule has 2 aromatic heterocycles. The number of hydrogen-bond acceptors (Lipinski definition) is 6. The second-order valence-corrected chi connectivity index (χ2v) is 8.65. The number of hydrogen-bond donors (Lipinski definition) is 2. The number of anilines is 1. The molecule has 3 aromatic rings. The number of nitrogens with zero attached hydrogens (tertiary/aromatic N) is 2. The molecule has 1 aliphatic carbocycles. The molecule has 4 rings (SSSR count). The number of rotatable bonds is 6. The number of carbonyl (C=O) groups is 1. The van der Waals surface area contributed by atoms with E-state index in [1.807, 2.05) is 38.1 Å². The Balaban J connectivity index is 1.52. The average Bonchev–Trinajstić information content (AvgIpc) is 3.16. The second kappa shape index (κ2) is 6.22. The maximum absolute atomic E-state index is 12.9. The minimum absolute atomic E-state index is 0.127. The van der Waals surface area contributed by atoms with Gasteiger partial charge in [-0.25, -0.2) is 0 Å². The van der Waals surface area contributed by atoms with E-state index < -0.39 is 0 Å². The molecule has 1 saturated carbocycles. The Labute approximate surface area is 148 Å². The quantitative estimate of drug-likeness (QED) is 0.509. The molecule has 0 spiro atoms. The van der Waals surface area contributed by atoms with Crippen LogP contribution in [-0.2, 0) is 0 Å². The lowest BCUT2D eigenvalue weighted by Gasteiger charge is -2.08. The standard InChI is InChI=1S/C17H18N4OS2/c1-9-14(12-5-3-4-6-13(12)18-9)15(22)10(2)23-17-21-20-16(24-17)19-11-7-8-11/h3-6,10-11,18H,7-8H2,1-2H3,(H,19,20)/t10-/m0/s1. The first-order chi connectivity index (χ1) is 11.6. The number of Topliss-reactive ketones (excluding diaryl/α,β-unsaturated/α-hetero) is 1. The summed E-state index contributed by atoms with van der Waals surface area (Å²) in [6.45, 7) is 3.89. The molecule has 2 heterocycles. The molecule has 5 nitrogen and oxygen atoms in total. The number of aromatic nitrogens is 3. The molecule has 0 bridgehead atoms. The molecule has 1 aromatic carbocycles. The van der Waals surface area contributed by atoms with Crippen LogP contribution in [0.25, 0.3) is 10.9 Å². The van der Waals surface area contributed by atoms with E-state index in [1.165, 1.54) is 35.9 Å². The van der Waals surface area contributed by atoms with Gasteiger partial charge >= 0.3 is 0 Å². The summed E-state index contributed by atoms with van der Waals surface area (Å²) in [6, 6.07) is 8.48. The summed E-state index contributed by atoms with van der Waals surface area (Å²) in [5.74, 6) is 0.127. The monoisotopic (exact) mass is 358 g/mol. The third-order valence-corrected chi connectivity index (χ3v) is 6.14. The first-order valence-corrected chi connectivity index (χ1v) is 9.69. The van der Waals surface area contributed by atoms with Crippen molar-refractivity contribution in [2.45, 2.75) is 42.3 Å². The van der Waals surface area contributed by atoms with Crippen LogP contribution in [0.1, 0.15) is 35.8 Å². The fourth-order valence-corrected chi connectivity index (χ4v) is 4.75. The van der Waals surface area contributed by atoms with Crippen molar-refractivity contribution in [3.63, 3.8) is 0 Å². The maximum Gasteiger partial charge on any atom is 0.206 e. The lowest BCUT2D eigenvalue weighted by molar-refractivity contribution is 0.0995. The van der Waals surface area contributed by atoms with Crippen molar-refractivity contribution in [1.29, 1.82) is 0 Å². The Morgan fingerprint density at radius 2 is 2.17 bits per heavy atom. The number of para-hydroxylation sites is 1. The number of aryl methyl sites for hydroxylation is 1. The van der Waals surface area contributed by atoms with Gasteiger partial charge in [0.15, 0.2) is 10.1 Å². The third kappa shape index (κ3) is 3.06. The summed E-state index contributed by atoms with van der Waals surface area (Å²) in [7, 11) is 0. The van der Waals surface area contributed by atoms with E-state index in [0.717, 1.165) is 31.6 Å². The van der Waals surface area contributed by atoms with Crippen LogP contribution >= 0.6 is 23.1 Å². The highest BCUT2D eigenvalue weighted by Gasteiger charge is 2.25. The largest absolute Gasteiger partial charge is 0.358 e. The van der Waals surface area contributed by atoms with Gasteiger partial charge in [0.2, 0.25) is 5.13 Å². The van der Waals surface area contributed by atoms with Crippen LogP contribution in [-0.4, -0.2) is 32.3 Å². The van der Waals surface area contributed by atoms with Gasteiger partial charge in [0.05, 0.1) is 5.25 Å². The van der Waals surface area contributed by atoms with Crippen LogP contribution < -0.4 is 5.32 Å². The minimum Gasteiger partial charge on any atom is -0.358 e. The van der Waals surface area contributed by atoms with E-state index in [9.17, 15) is 4.79 Å². The van der Waals surface area contributed by atoms with Gasteiger partial charge in [-0.15, -0.1) is 10.2 Å². The van der Waals surface area contributed by atoms with Crippen molar-refractivity contribution in [2.24, 2.45) is 0 Å². The molecule has 0 saturated heterocycles. The van der Waals surface area contributed by atoms with Crippen molar-refractivity contribution < 1.29 is 4.79 Å². The van der Waals surface area contributed by atoms with Crippen LogP contribution in [0.3, 0.4) is 0 Å². The molecule has 2 N–H and O–H groups in total. The second-order valence-electron chi connectivity index (χ2n) is 6.09. The van der Waals surface area contributed by atoms with Crippen molar-refractivity contribution in [2.75, 3.05) is 5.32 Å². The van der Waals surface area contributed by atoms with Crippen LogP contribution in [0, 0.1) is 6.92 Å². The highest BCUT2D eigenvalue weighted by molar-refractivity contribution is 8.02. The zero-order valence-electron chi connectivity index (χ0n) is 13.5. The number of carbonyl (C=O) groups excluding carboxylic acids is 1. The molecular formula is C17H18N4OS2. The van der Waals surface area contributed by atoms with E-state index >= 15 is 0 Å². The molecular weight excluding hydrogens is 340 g/mol. The number of fused-ring (bicyclic) bond motifs is 1. The van der Waals surface area contributed by atoms with E-state index in [-0.39, 0.29) is 11.0 Å². The van der Waals surface area contributed by atoms with Gasteiger partial charge in [-0.05, 0) is 32.8 Å². The molecule has 1 atom stereocenters. The number of ketones is 1. The SMILES string of the molecule is Cc1[nH]c2ccccc2c1C(=O)[C@H](C)Sc1nnc(NC2CC2)s1. The predicted molar refractivity (Wildman–Crippen MR) is 99.2 cm³/mol. The molecule has 124 valence electrons. The molecule has 7 heteroatoms. The van der Waals surface area contributed by atoms with Gasteiger partial charge < -0.3 is 10.3 Å². The smallest absolute Gasteiger partial charge is 0.206 e. The predicted octanol–water partition coefficient (Wildman–Crippen LogP) is 4.27. The summed E-state index contributed by atoms with van der Waals surface area (Å²) >= 11 is 3.00. The summed E-state index contributed by atoms with van der Waals surface area (Å²) in [6.07, 6.45) is 2.41. The van der Waals surface area contributed by atoms with Crippen LogP contribution in [0.4, 0.5) is 5.13 Å². The van der Waals surface area contributed by atoms with Crippen molar-refractivity contribution in [3.8, 4) is 0 Å². The fourth-order valence-electron chi connectivity index (χ4n) is 2.72. The topological polar surface area (TPSA) is 70.7 Å². The van der Waals surface area contributed by atoms with Gasteiger partial charge in [0, 0.05) is 28.2 Å². The minimum atomic E-state index is -0.204. The van der Waals surface area contributed by atoms with Gasteiger partial charge in [-0.3, -0.25) is 4.79 Å². The first kappa shape index (κ1) is 15.7. The zero-order valence-corrected chi connectivity index (χ0v) is 15.1. The normalized spacial score (nSPS) is 15.6. The average molecular weight is 358 g/mol. The summed E-state index contributed by atoms with van der Waals surface area (Å²) in [5.41, 5.74) is 2.70. The third-order valence-electron chi connectivity index (χ3n) is 4.10. The lowest BCUT2D eigenvalue weighted by Crippen LogP contribution is -2.14. The molecule has 1 aliphatic rings. The molecule has 24 heavy (non-hydrogen) atoms. The molecule has 0 radical (unpaired) electrons. The summed E-state index contributed by atoms with van der Waals surface area (Å²) in [4.78, 5) is 16.2. The Hall–Kier alpha value is -1.86. The van der Waals surface area contributed by atoms with Gasteiger partial charge in [0.25, 0.3) is 0 Å². The Morgan fingerprint density at radius 1 is 1.38 bits per heavy atom. The first-order valence-electron chi connectivity index (χ1n) is 8.00. The van der Waals surface area contributed by atoms with Crippen LogP contribution in [0.15, 0.2) is 28.6 Å². The number of aromatic amines is 1. The molecule has 1 fully saturated rings. The van der Waals surface area contributed by atoms with Crippen LogP contribution in [0.2, 0.25) is 0 Å². The maximum atomic E-state index is 12.9. The number of nitrogens with one attached hydrogen (secondary N) is 2. The fraction of sp³-hybridized carbons (Fsp3) is 0.353. The number of H-pyrrole nitrogens is 1. The van der Waals surface area contributed by atoms with E-state index in [2.05, 4.69) is 20.5 Å². The van der Waals surface area contributed by atoms with Crippen LogP contribution in [0.5, 0.6) is 0 Å². The number of thioether (sulfide) groups is 1. The van der Waals surface area contributed by atoms with E-state index in [1.54, 1.807) is 0 Å². The van der Waals surface area contributed by atoms with Crippen molar-refractivity contribution in [3.05, 3.63) is 35.5 Å². The van der Waals surface area contributed by atoms with Crippen molar-refractivity contribution in [1.82, 2.24) is 15.2 Å². The lowest BCUT2D eigenvalue weighted by atomic mass is 10.1. The molecule has 0 unspecified atom stereocenters. The summed E-state index contributed by atoms with van der Waals surface area (Å²) in [5, 5.41) is 13.3. The highest BCUT2D eigenvalue weighted by atomic mass is 32.2. The van der Waals surface area contributed by atoms with Gasteiger partial charge in [-0.2, -0.15) is 0 Å². The number of benzene rings is 1. The van der Waals surface area contributed by atoms with E-state index in [4.69, 9.17) is 0 Å². The Morgan fingerprint density at radius 3 is 2.96 bits per heavy atom. The van der Waals surface area contributed by atoms with Gasteiger partial charge in [-0.1, -0.05) is 41.3 Å². The Kier molecular flexibility index (Phi) is 4.05.